The largest absolute Gasteiger partial charge is 0.375 e. The Morgan fingerprint density at radius 1 is 1.45 bits per heavy atom. The van der Waals surface area contributed by atoms with Crippen LogP contribution < -0.4 is 11.5 Å². The molecule has 20 heavy (non-hydrogen) atoms. The molecule has 1 aliphatic rings. The molecule has 0 aliphatic carbocycles. The third-order valence-electron chi connectivity index (χ3n) is 3.81. The fourth-order valence-corrected chi connectivity index (χ4v) is 3.45. The van der Waals surface area contributed by atoms with Gasteiger partial charge in [-0.3, -0.25) is 0 Å². The van der Waals surface area contributed by atoms with Crippen molar-refractivity contribution in [3.05, 3.63) is 23.8 Å². The lowest BCUT2D eigenvalue weighted by Gasteiger charge is -2.17. The number of nitrogen functional groups attached to an aromatic ring is 1. The molecule has 1 fully saturated rings. The highest BCUT2D eigenvalue weighted by molar-refractivity contribution is 7.22. The predicted octanol–water partition coefficient (Wildman–Crippen LogP) is 2.62. The molecule has 1 unspecified atom stereocenters. The van der Waals surface area contributed by atoms with Gasteiger partial charge in [-0.2, -0.15) is 0 Å². The number of aryl methyl sites for hydroxylation is 1. The van der Waals surface area contributed by atoms with Crippen molar-refractivity contribution >= 4 is 26.7 Å². The molecule has 0 spiro atoms. The van der Waals surface area contributed by atoms with E-state index in [-0.39, 0.29) is 0 Å². The molecule has 0 saturated carbocycles. The molecule has 4 N–H and O–H groups in total. The molecule has 5 heteroatoms. The van der Waals surface area contributed by atoms with Gasteiger partial charge in [-0.25, -0.2) is 4.98 Å². The van der Waals surface area contributed by atoms with E-state index in [1.807, 2.05) is 25.1 Å². The number of likely N-dealkylation sites (tertiary alicyclic amines) is 1. The number of nitrogens with two attached hydrogens (primary N) is 2. The summed E-state index contributed by atoms with van der Waals surface area (Å²) >= 11 is 1.53. The van der Waals surface area contributed by atoms with Crippen LogP contribution in [0.2, 0.25) is 0 Å². The van der Waals surface area contributed by atoms with Gasteiger partial charge < -0.3 is 16.4 Å². The first-order valence-electron chi connectivity index (χ1n) is 7.13. The molecule has 1 aliphatic heterocycles. The first kappa shape index (κ1) is 15.2. The van der Waals surface area contributed by atoms with E-state index >= 15 is 0 Å². The number of nitrogens with zero attached hydrogens (tertiary/aromatic N) is 2. The molecule has 3 rings (SSSR count). The summed E-state index contributed by atoms with van der Waals surface area (Å²) in [5.41, 5.74) is 13.2. The Morgan fingerprint density at radius 2 is 2.25 bits per heavy atom. The molecule has 4 nitrogen and oxygen atoms in total. The van der Waals surface area contributed by atoms with Crippen LogP contribution in [0, 0.1) is 6.92 Å². The Balaban J connectivity index is 0.000000151. The molecule has 110 valence electrons. The number of anilines is 1. The summed E-state index contributed by atoms with van der Waals surface area (Å²) in [5, 5.41) is 0.648. The second-order valence-electron chi connectivity index (χ2n) is 5.33. The predicted molar refractivity (Wildman–Crippen MR) is 88.1 cm³/mol. The molecule has 0 radical (unpaired) electrons. The molecule has 2 aromatic rings. The minimum Gasteiger partial charge on any atom is -0.375 e. The van der Waals surface area contributed by atoms with Crippen molar-refractivity contribution < 1.29 is 0 Å². The zero-order valence-electron chi connectivity index (χ0n) is 12.3. The number of fused-ring (bicyclic) bond motifs is 1. The van der Waals surface area contributed by atoms with Crippen LogP contribution in [0.15, 0.2) is 18.2 Å². The second-order valence-corrected chi connectivity index (χ2v) is 6.39. The van der Waals surface area contributed by atoms with Crippen LogP contribution in [0.3, 0.4) is 0 Å². The van der Waals surface area contributed by atoms with Crippen LogP contribution in [-0.2, 0) is 0 Å². The zero-order chi connectivity index (χ0) is 14.5. The number of aromatic nitrogens is 1. The van der Waals surface area contributed by atoms with E-state index in [0.717, 1.165) is 18.1 Å². The van der Waals surface area contributed by atoms with E-state index in [9.17, 15) is 0 Å². The molecular weight excluding hydrogens is 268 g/mol. The quantitative estimate of drug-likeness (QED) is 0.893. The highest BCUT2D eigenvalue weighted by Gasteiger charge is 2.18. The average Bonchev–Trinajstić information content (AvgIpc) is 2.98. The molecule has 0 bridgehead atoms. The summed E-state index contributed by atoms with van der Waals surface area (Å²) < 4.78 is 1.17. The van der Waals surface area contributed by atoms with Crippen LogP contribution in [-0.4, -0.2) is 36.1 Å². The maximum atomic E-state index is 5.57. The van der Waals surface area contributed by atoms with Gasteiger partial charge in [0.2, 0.25) is 0 Å². The normalized spacial score (nSPS) is 19.1. The van der Waals surface area contributed by atoms with Gasteiger partial charge in [-0.1, -0.05) is 23.5 Å². The third-order valence-corrected chi connectivity index (χ3v) is 4.66. The molecule has 2 heterocycles. The minimum absolute atomic E-state index is 0.648. The van der Waals surface area contributed by atoms with Crippen LogP contribution in [0.25, 0.3) is 10.2 Å². The number of hydrogen-bond donors (Lipinski definition) is 2. The number of para-hydroxylation sites is 1. The zero-order valence-corrected chi connectivity index (χ0v) is 13.1. The van der Waals surface area contributed by atoms with Crippen LogP contribution in [0.4, 0.5) is 5.13 Å². The number of hydrogen-bond acceptors (Lipinski definition) is 5. The number of benzene rings is 1. The lowest BCUT2D eigenvalue weighted by atomic mass is 10.1. The first-order chi connectivity index (χ1) is 9.61. The summed E-state index contributed by atoms with van der Waals surface area (Å²) in [6, 6.07) is 6.89. The number of thiazole rings is 1. The van der Waals surface area contributed by atoms with E-state index in [1.165, 1.54) is 47.4 Å². The highest BCUT2D eigenvalue weighted by Crippen LogP contribution is 2.25. The molecule has 0 amide bonds. The van der Waals surface area contributed by atoms with Gasteiger partial charge in [0, 0.05) is 6.04 Å². The van der Waals surface area contributed by atoms with Crippen molar-refractivity contribution in [1.82, 2.24) is 9.88 Å². The van der Waals surface area contributed by atoms with Crippen molar-refractivity contribution in [3.8, 4) is 0 Å². The molecule has 1 aromatic carbocycles. The topological polar surface area (TPSA) is 68.2 Å². The standard InChI is InChI=1S/C8H8N2S.C7H16N2/c1-5-3-2-4-6-7(5)10-8(9)11-6;1-9-6-2-3-7(9)4-5-8/h2-4H,1H3,(H2,9,10);7H,2-6,8H2,1H3. The monoisotopic (exact) mass is 292 g/mol. The van der Waals surface area contributed by atoms with E-state index in [2.05, 4.69) is 16.9 Å². The molecule has 1 aromatic heterocycles. The summed E-state index contributed by atoms with van der Waals surface area (Å²) in [5.74, 6) is 0. The lowest BCUT2D eigenvalue weighted by molar-refractivity contribution is 0.299. The Hall–Kier alpha value is -1.17. The summed E-state index contributed by atoms with van der Waals surface area (Å²) in [7, 11) is 2.19. The fraction of sp³-hybridized carbons (Fsp3) is 0.533. The van der Waals surface area contributed by atoms with Gasteiger partial charge in [-0.15, -0.1) is 0 Å². The number of rotatable bonds is 2. The molecule has 1 atom stereocenters. The van der Waals surface area contributed by atoms with E-state index < -0.39 is 0 Å². The lowest BCUT2D eigenvalue weighted by Crippen LogP contribution is -2.27. The summed E-state index contributed by atoms with van der Waals surface area (Å²) in [6.07, 6.45) is 3.89. The van der Waals surface area contributed by atoms with Gasteiger partial charge in [0.15, 0.2) is 5.13 Å². The molecule has 1 saturated heterocycles. The van der Waals surface area contributed by atoms with Crippen LogP contribution in [0.5, 0.6) is 0 Å². The second kappa shape index (κ2) is 7.02. The van der Waals surface area contributed by atoms with Crippen molar-refractivity contribution in [2.75, 3.05) is 25.9 Å². The Bertz CT molecular complexity index is 552. The van der Waals surface area contributed by atoms with Gasteiger partial charge in [-0.05, 0) is 58.0 Å². The van der Waals surface area contributed by atoms with Crippen LogP contribution >= 0.6 is 11.3 Å². The van der Waals surface area contributed by atoms with Crippen LogP contribution in [0.1, 0.15) is 24.8 Å². The fourth-order valence-electron chi connectivity index (χ4n) is 2.64. The van der Waals surface area contributed by atoms with E-state index in [0.29, 0.717) is 5.13 Å². The highest BCUT2D eigenvalue weighted by atomic mass is 32.1. The Kier molecular flexibility index (Phi) is 5.34. The smallest absolute Gasteiger partial charge is 0.181 e. The maximum absolute atomic E-state index is 5.57. The first-order valence-corrected chi connectivity index (χ1v) is 7.95. The van der Waals surface area contributed by atoms with E-state index in [4.69, 9.17) is 11.5 Å². The van der Waals surface area contributed by atoms with Gasteiger partial charge >= 0.3 is 0 Å². The van der Waals surface area contributed by atoms with Gasteiger partial charge in [0.05, 0.1) is 10.2 Å². The third kappa shape index (κ3) is 3.69. The SMILES string of the molecule is CN1CCCC1CCN.Cc1cccc2sc(N)nc12. The van der Waals surface area contributed by atoms with Crippen molar-refractivity contribution in [3.63, 3.8) is 0 Å². The van der Waals surface area contributed by atoms with Gasteiger partial charge in [0.1, 0.15) is 0 Å². The summed E-state index contributed by atoms with van der Waals surface area (Å²) in [6.45, 7) is 4.15. The van der Waals surface area contributed by atoms with Crippen molar-refractivity contribution in [2.45, 2.75) is 32.2 Å². The summed E-state index contributed by atoms with van der Waals surface area (Å²) in [4.78, 5) is 6.62. The molecular formula is C15H24N4S. The minimum atomic E-state index is 0.648. The van der Waals surface area contributed by atoms with E-state index in [1.54, 1.807) is 0 Å². The maximum Gasteiger partial charge on any atom is 0.181 e. The Labute approximate surface area is 124 Å². The Morgan fingerprint density at radius 3 is 2.85 bits per heavy atom. The average molecular weight is 292 g/mol. The van der Waals surface area contributed by atoms with Gasteiger partial charge in [0.25, 0.3) is 0 Å². The van der Waals surface area contributed by atoms with Crippen molar-refractivity contribution in [2.24, 2.45) is 5.73 Å². The van der Waals surface area contributed by atoms with Crippen molar-refractivity contribution in [1.29, 1.82) is 0 Å².